The SMILES string of the molecule is CSc1nc(N)cc(Oc2cccc(F)c2)n1. The average Bonchev–Trinajstić information content (AvgIpc) is 2.28. The summed E-state index contributed by atoms with van der Waals surface area (Å²) in [5.74, 6) is 0.618. The molecule has 0 aliphatic rings. The van der Waals surface area contributed by atoms with Crippen molar-refractivity contribution < 1.29 is 9.13 Å². The van der Waals surface area contributed by atoms with Crippen LogP contribution in [-0.4, -0.2) is 16.2 Å². The molecule has 1 heterocycles. The van der Waals surface area contributed by atoms with Crippen molar-refractivity contribution in [1.29, 1.82) is 0 Å². The molecular weight excluding hydrogens is 241 g/mol. The fourth-order valence-electron chi connectivity index (χ4n) is 1.22. The first-order valence-electron chi connectivity index (χ1n) is 4.79. The lowest BCUT2D eigenvalue weighted by Gasteiger charge is -2.06. The van der Waals surface area contributed by atoms with Crippen LogP contribution in [0.3, 0.4) is 0 Å². The molecule has 88 valence electrons. The molecule has 0 amide bonds. The molecule has 0 bridgehead atoms. The predicted molar refractivity (Wildman–Crippen MR) is 64.7 cm³/mol. The maximum Gasteiger partial charge on any atom is 0.225 e. The van der Waals surface area contributed by atoms with Crippen LogP contribution in [0.15, 0.2) is 35.5 Å². The molecule has 6 heteroatoms. The van der Waals surface area contributed by atoms with Gasteiger partial charge < -0.3 is 10.5 Å². The first-order valence-corrected chi connectivity index (χ1v) is 6.02. The number of hydrogen-bond acceptors (Lipinski definition) is 5. The topological polar surface area (TPSA) is 61.0 Å². The van der Waals surface area contributed by atoms with E-state index in [2.05, 4.69) is 9.97 Å². The molecule has 0 atom stereocenters. The van der Waals surface area contributed by atoms with Crippen LogP contribution in [0.25, 0.3) is 0 Å². The molecule has 0 aliphatic heterocycles. The molecule has 0 unspecified atom stereocenters. The fourth-order valence-corrected chi connectivity index (χ4v) is 1.59. The number of ether oxygens (including phenoxy) is 1. The number of anilines is 1. The van der Waals surface area contributed by atoms with Gasteiger partial charge in [0.05, 0.1) is 0 Å². The average molecular weight is 251 g/mol. The molecule has 4 nitrogen and oxygen atoms in total. The van der Waals surface area contributed by atoms with Crippen LogP contribution in [-0.2, 0) is 0 Å². The van der Waals surface area contributed by atoms with Gasteiger partial charge in [0.25, 0.3) is 0 Å². The molecule has 1 aromatic carbocycles. The van der Waals surface area contributed by atoms with Crippen molar-refractivity contribution in [1.82, 2.24) is 9.97 Å². The minimum absolute atomic E-state index is 0.299. The quantitative estimate of drug-likeness (QED) is 0.671. The summed E-state index contributed by atoms with van der Waals surface area (Å²) in [6.45, 7) is 0. The van der Waals surface area contributed by atoms with Crippen molar-refractivity contribution in [3.63, 3.8) is 0 Å². The van der Waals surface area contributed by atoms with Crippen LogP contribution in [0.5, 0.6) is 11.6 Å². The number of aromatic nitrogens is 2. The van der Waals surface area contributed by atoms with Crippen LogP contribution in [0.1, 0.15) is 0 Å². The second-order valence-electron chi connectivity index (χ2n) is 3.18. The van der Waals surface area contributed by atoms with Crippen molar-refractivity contribution >= 4 is 17.6 Å². The Morgan fingerprint density at radius 2 is 2.12 bits per heavy atom. The van der Waals surface area contributed by atoms with E-state index >= 15 is 0 Å². The monoisotopic (exact) mass is 251 g/mol. The molecule has 17 heavy (non-hydrogen) atoms. The van der Waals surface area contributed by atoms with Crippen LogP contribution < -0.4 is 10.5 Å². The Kier molecular flexibility index (Phi) is 3.43. The summed E-state index contributed by atoms with van der Waals surface area (Å²) in [5.41, 5.74) is 5.60. The first kappa shape index (κ1) is 11.7. The molecule has 0 spiro atoms. The molecule has 2 N–H and O–H groups in total. The summed E-state index contributed by atoms with van der Waals surface area (Å²) in [5, 5.41) is 0.511. The van der Waals surface area contributed by atoms with Crippen molar-refractivity contribution in [3.8, 4) is 11.6 Å². The lowest BCUT2D eigenvalue weighted by Crippen LogP contribution is -1.97. The normalized spacial score (nSPS) is 10.2. The highest BCUT2D eigenvalue weighted by atomic mass is 32.2. The predicted octanol–water partition coefficient (Wildman–Crippen LogP) is 2.71. The van der Waals surface area contributed by atoms with Gasteiger partial charge in [-0.3, -0.25) is 0 Å². The maximum atomic E-state index is 13.0. The number of benzene rings is 1. The van der Waals surface area contributed by atoms with Gasteiger partial charge in [-0.05, 0) is 18.4 Å². The summed E-state index contributed by atoms with van der Waals surface area (Å²) in [7, 11) is 0. The standard InChI is InChI=1S/C11H10FN3OS/c1-17-11-14-9(13)6-10(15-11)16-8-4-2-3-7(12)5-8/h2-6H,1H3,(H2,13,14,15). The minimum Gasteiger partial charge on any atom is -0.439 e. The van der Waals surface area contributed by atoms with Gasteiger partial charge in [0.1, 0.15) is 17.4 Å². The fraction of sp³-hybridized carbons (Fsp3) is 0.0909. The number of thioether (sulfide) groups is 1. The molecule has 0 saturated carbocycles. The van der Waals surface area contributed by atoms with Crippen LogP contribution in [0.4, 0.5) is 10.2 Å². The second-order valence-corrected chi connectivity index (χ2v) is 3.95. The Morgan fingerprint density at radius 1 is 1.29 bits per heavy atom. The molecule has 0 saturated heterocycles. The number of nitrogens with two attached hydrogens (primary N) is 1. The third kappa shape index (κ3) is 3.07. The molecule has 2 rings (SSSR count). The van der Waals surface area contributed by atoms with E-state index in [0.717, 1.165) is 0 Å². The van der Waals surface area contributed by atoms with E-state index in [1.54, 1.807) is 12.1 Å². The number of nitrogens with zero attached hydrogens (tertiary/aromatic N) is 2. The van der Waals surface area contributed by atoms with E-state index < -0.39 is 0 Å². The zero-order valence-corrected chi connectivity index (χ0v) is 9.87. The Labute approximate surface area is 102 Å². The van der Waals surface area contributed by atoms with Gasteiger partial charge in [-0.25, -0.2) is 9.37 Å². The third-order valence-corrected chi connectivity index (χ3v) is 2.45. The van der Waals surface area contributed by atoms with Gasteiger partial charge in [0.2, 0.25) is 5.88 Å². The van der Waals surface area contributed by atoms with Gasteiger partial charge in [-0.1, -0.05) is 17.8 Å². The zero-order chi connectivity index (χ0) is 12.3. The third-order valence-electron chi connectivity index (χ3n) is 1.90. The molecule has 0 radical (unpaired) electrons. The number of rotatable bonds is 3. The van der Waals surface area contributed by atoms with Crippen LogP contribution in [0, 0.1) is 5.82 Å². The number of halogens is 1. The van der Waals surface area contributed by atoms with Crippen molar-refractivity contribution in [2.75, 3.05) is 12.0 Å². The lowest BCUT2D eigenvalue weighted by molar-refractivity contribution is 0.452. The number of hydrogen-bond donors (Lipinski definition) is 1. The van der Waals surface area contributed by atoms with Gasteiger partial charge in [0.15, 0.2) is 5.16 Å². The van der Waals surface area contributed by atoms with Crippen molar-refractivity contribution in [2.45, 2.75) is 5.16 Å². The minimum atomic E-state index is -0.366. The van der Waals surface area contributed by atoms with E-state index in [0.29, 0.717) is 22.6 Å². The van der Waals surface area contributed by atoms with Crippen molar-refractivity contribution in [2.24, 2.45) is 0 Å². The van der Waals surface area contributed by atoms with E-state index in [4.69, 9.17) is 10.5 Å². The number of nitrogen functional groups attached to an aromatic ring is 1. The van der Waals surface area contributed by atoms with Gasteiger partial charge >= 0.3 is 0 Å². The van der Waals surface area contributed by atoms with Crippen LogP contribution >= 0.6 is 11.8 Å². The van der Waals surface area contributed by atoms with Gasteiger partial charge in [0, 0.05) is 12.1 Å². The highest BCUT2D eigenvalue weighted by Crippen LogP contribution is 2.23. The highest BCUT2D eigenvalue weighted by Gasteiger charge is 2.04. The second kappa shape index (κ2) is 5.01. The lowest BCUT2D eigenvalue weighted by atomic mass is 10.3. The molecule has 1 aromatic heterocycles. The van der Waals surface area contributed by atoms with Gasteiger partial charge in [-0.15, -0.1) is 0 Å². The van der Waals surface area contributed by atoms with E-state index in [-0.39, 0.29) is 5.82 Å². The highest BCUT2D eigenvalue weighted by molar-refractivity contribution is 7.98. The van der Waals surface area contributed by atoms with Crippen molar-refractivity contribution in [3.05, 3.63) is 36.1 Å². The molecule has 0 aliphatic carbocycles. The summed E-state index contributed by atoms with van der Waals surface area (Å²) in [4.78, 5) is 8.09. The molecule has 0 fully saturated rings. The maximum absolute atomic E-state index is 13.0. The largest absolute Gasteiger partial charge is 0.439 e. The summed E-state index contributed by atoms with van der Waals surface area (Å²) in [6, 6.07) is 7.31. The van der Waals surface area contributed by atoms with E-state index in [9.17, 15) is 4.39 Å². The van der Waals surface area contributed by atoms with Gasteiger partial charge in [-0.2, -0.15) is 4.98 Å². The summed E-state index contributed by atoms with van der Waals surface area (Å²) >= 11 is 1.35. The summed E-state index contributed by atoms with van der Waals surface area (Å²) < 4.78 is 18.4. The molecule has 2 aromatic rings. The zero-order valence-electron chi connectivity index (χ0n) is 9.05. The van der Waals surface area contributed by atoms with E-state index in [1.165, 1.54) is 30.0 Å². The summed E-state index contributed by atoms with van der Waals surface area (Å²) in [6.07, 6.45) is 1.83. The Hall–Kier alpha value is -1.82. The first-order chi connectivity index (χ1) is 8.17. The van der Waals surface area contributed by atoms with Crippen LogP contribution in [0.2, 0.25) is 0 Å². The smallest absolute Gasteiger partial charge is 0.225 e. The molecular formula is C11H10FN3OS. The van der Waals surface area contributed by atoms with E-state index in [1.807, 2.05) is 6.26 Å². The Bertz CT molecular complexity index is 536. The Balaban J connectivity index is 2.26. The Morgan fingerprint density at radius 3 is 2.82 bits per heavy atom.